The van der Waals surface area contributed by atoms with Crippen LogP contribution in [0.3, 0.4) is 0 Å². The van der Waals surface area contributed by atoms with E-state index >= 15 is 0 Å². The first-order chi connectivity index (χ1) is 14.3. The first kappa shape index (κ1) is 16.9. The molecule has 0 amide bonds. The zero-order chi connectivity index (χ0) is 19.2. The Morgan fingerprint density at radius 2 is 0.724 bits per heavy atom. The Hall–Kier alpha value is -3.06. The Kier molecular flexibility index (Phi) is 3.94. The molecule has 0 unspecified atom stereocenters. The van der Waals surface area contributed by atoms with E-state index in [0.29, 0.717) is 0 Å². The SMILES string of the molecule is c1ccc2cc3[c]([V][c]4cccc5cc6ccccc6cc45)cccc3cc2c1. The van der Waals surface area contributed by atoms with Gasteiger partial charge in [0.25, 0.3) is 0 Å². The minimum absolute atomic E-state index is 0.108. The van der Waals surface area contributed by atoms with Crippen molar-refractivity contribution in [2.45, 2.75) is 0 Å². The topological polar surface area (TPSA) is 0 Å². The Morgan fingerprint density at radius 1 is 0.345 bits per heavy atom. The minimum atomic E-state index is -0.108. The summed E-state index contributed by atoms with van der Waals surface area (Å²) in [6.45, 7) is 0. The average Bonchev–Trinajstić information content (AvgIpc) is 2.77. The molecule has 0 N–H and O–H groups in total. The molecule has 0 heterocycles. The van der Waals surface area contributed by atoms with Crippen LogP contribution in [0, 0.1) is 0 Å². The van der Waals surface area contributed by atoms with Crippen molar-refractivity contribution in [3.8, 4) is 0 Å². The molecule has 0 bridgehead atoms. The van der Waals surface area contributed by atoms with Crippen molar-refractivity contribution < 1.29 is 16.3 Å². The van der Waals surface area contributed by atoms with Gasteiger partial charge in [-0.1, -0.05) is 0 Å². The fourth-order valence-electron chi connectivity index (χ4n) is 4.23. The summed E-state index contributed by atoms with van der Waals surface area (Å²) >= 11 is -0.108. The van der Waals surface area contributed by atoms with Gasteiger partial charge < -0.3 is 0 Å². The molecule has 29 heavy (non-hydrogen) atoms. The summed E-state index contributed by atoms with van der Waals surface area (Å²) in [5, 5.41) is 10.7. The number of hydrogen-bond acceptors (Lipinski definition) is 0. The van der Waals surface area contributed by atoms with E-state index in [-0.39, 0.29) is 16.3 Å². The van der Waals surface area contributed by atoms with Crippen LogP contribution in [0.25, 0.3) is 43.1 Å². The van der Waals surface area contributed by atoms with Crippen molar-refractivity contribution >= 4 is 51.6 Å². The van der Waals surface area contributed by atoms with E-state index in [1.165, 1.54) is 51.6 Å². The first-order valence-corrected chi connectivity index (χ1v) is 11.3. The molecule has 0 aliphatic rings. The van der Waals surface area contributed by atoms with E-state index in [1.807, 2.05) is 0 Å². The van der Waals surface area contributed by atoms with Crippen LogP contribution in [0.1, 0.15) is 0 Å². The normalized spacial score (nSPS) is 11.4. The summed E-state index contributed by atoms with van der Waals surface area (Å²) in [7, 11) is 0. The van der Waals surface area contributed by atoms with Gasteiger partial charge in [0.05, 0.1) is 0 Å². The van der Waals surface area contributed by atoms with Gasteiger partial charge in [-0.15, -0.1) is 0 Å². The third-order valence-electron chi connectivity index (χ3n) is 5.69. The van der Waals surface area contributed by atoms with E-state index < -0.39 is 0 Å². The van der Waals surface area contributed by atoms with Crippen LogP contribution < -0.4 is 8.55 Å². The maximum atomic E-state index is 2.37. The molecule has 6 aromatic carbocycles. The van der Waals surface area contributed by atoms with Gasteiger partial charge in [0.2, 0.25) is 0 Å². The summed E-state index contributed by atoms with van der Waals surface area (Å²) in [6, 6.07) is 40.2. The molecule has 0 saturated heterocycles. The predicted octanol–water partition coefficient (Wildman–Crippen LogP) is 6.33. The molecule has 135 valence electrons. The van der Waals surface area contributed by atoms with Gasteiger partial charge in [-0.25, -0.2) is 0 Å². The van der Waals surface area contributed by atoms with Crippen LogP contribution in [0.5, 0.6) is 0 Å². The fourth-order valence-corrected chi connectivity index (χ4v) is 6.11. The van der Waals surface area contributed by atoms with E-state index in [1.54, 1.807) is 0 Å². The van der Waals surface area contributed by atoms with Gasteiger partial charge in [0, 0.05) is 0 Å². The first-order valence-electron chi connectivity index (χ1n) is 9.90. The second-order valence-corrected chi connectivity index (χ2v) is 9.36. The quantitative estimate of drug-likeness (QED) is 0.295. The Balaban J connectivity index is 1.55. The van der Waals surface area contributed by atoms with Gasteiger partial charge in [-0.05, 0) is 0 Å². The van der Waals surface area contributed by atoms with Crippen LogP contribution in [0.2, 0.25) is 0 Å². The number of rotatable bonds is 2. The van der Waals surface area contributed by atoms with E-state index in [4.69, 9.17) is 0 Å². The van der Waals surface area contributed by atoms with Crippen molar-refractivity contribution in [1.29, 1.82) is 0 Å². The Labute approximate surface area is 176 Å². The summed E-state index contributed by atoms with van der Waals surface area (Å²) < 4.78 is 2.95. The van der Waals surface area contributed by atoms with Crippen molar-refractivity contribution in [2.24, 2.45) is 0 Å². The molecule has 0 atom stereocenters. The third-order valence-corrected chi connectivity index (χ3v) is 7.66. The van der Waals surface area contributed by atoms with Crippen LogP contribution in [0.15, 0.2) is 109 Å². The molecule has 0 aliphatic heterocycles. The van der Waals surface area contributed by atoms with Crippen LogP contribution >= 0.6 is 0 Å². The number of benzene rings is 6. The van der Waals surface area contributed by atoms with E-state index in [2.05, 4.69) is 109 Å². The maximum absolute atomic E-state index is 2.37. The third kappa shape index (κ3) is 2.93. The monoisotopic (exact) mass is 405 g/mol. The summed E-state index contributed by atoms with van der Waals surface area (Å²) in [5.74, 6) is 0. The Bertz CT molecular complexity index is 1410. The van der Waals surface area contributed by atoms with Crippen LogP contribution in [0.4, 0.5) is 0 Å². The van der Waals surface area contributed by atoms with Crippen LogP contribution in [-0.4, -0.2) is 0 Å². The van der Waals surface area contributed by atoms with Crippen LogP contribution in [-0.2, 0) is 16.3 Å². The van der Waals surface area contributed by atoms with Crippen molar-refractivity contribution in [2.75, 3.05) is 0 Å². The molecule has 6 rings (SSSR count). The van der Waals surface area contributed by atoms with E-state index in [9.17, 15) is 0 Å². The second-order valence-electron chi connectivity index (χ2n) is 7.51. The molecular formula is C28H18V. The standard InChI is InChI=1S/2C14H9.V/c2*1-2-6-12-10-14-8-4-3-7-13(14)9-11(12)5-1;/h2*1-7,9-10H;. The summed E-state index contributed by atoms with van der Waals surface area (Å²) in [6.07, 6.45) is 0. The molecule has 0 radical (unpaired) electrons. The summed E-state index contributed by atoms with van der Waals surface area (Å²) in [4.78, 5) is 0. The molecule has 0 fully saturated rings. The Morgan fingerprint density at radius 3 is 1.17 bits per heavy atom. The van der Waals surface area contributed by atoms with Crippen molar-refractivity contribution in [3.05, 3.63) is 109 Å². The van der Waals surface area contributed by atoms with Crippen molar-refractivity contribution in [1.82, 2.24) is 0 Å². The number of hydrogen-bond donors (Lipinski definition) is 0. The zero-order valence-corrected chi connectivity index (χ0v) is 17.2. The number of fused-ring (bicyclic) bond motifs is 4. The molecule has 0 saturated carbocycles. The molecule has 0 aromatic heterocycles. The molecule has 0 spiro atoms. The van der Waals surface area contributed by atoms with Gasteiger partial charge >= 0.3 is 177 Å². The molecular weight excluding hydrogens is 387 g/mol. The fraction of sp³-hybridized carbons (Fsp3) is 0. The van der Waals surface area contributed by atoms with Gasteiger partial charge in [-0.3, -0.25) is 0 Å². The predicted molar refractivity (Wildman–Crippen MR) is 122 cm³/mol. The molecule has 0 aliphatic carbocycles. The molecule has 0 nitrogen and oxygen atoms in total. The van der Waals surface area contributed by atoms with Gasteiger partial charge in [0.15, 0.2) is 0 Å². The van der Waals surface area contributed by atoms with E-state index in [0.717, 1.165) is 0 Å². The summed E-state index contributed by atoms with van der Waals surface area (Å²) in [5.41, 5.74) is 0. The molecule has 6 aromatic rings. The second kappa shape index (κ2) is 6.78. The van der Waals surface area contributed by atoms with Gasteiger partial charge in [0.1, 0.15) is 0 Å². The molecule has 1 heteroatoms. The average molecular weight is 405 g/mol. The zero-order valence-electron chi connectivity index (χ0n) is 15.8. The van der Waals surface area contributed by atoms with Gasteiger partial charge in [-0.2, -0.15) is 0 Å². The van der Waals surface area contributed by atoms with Crippen molar-refractivity contribution in [3.63, 3.8) is 0 Å².